The second kappa shape index (κ2) is 17.3. The van der Waals surface area contributed by atoms with Crippen LogP contribution in [0.3, 0.4) is 0 Å². The molecule has 0 saturated carbocycles. The van der Waals surface area contributed by atoms with Gasteiger partial charge in [0.2, 0.25) is 0 Å². The van der Waals surface area contributed by atoms with E-state index >= 15 is 0 Å². The average molecular weight is 743 g/mol. The quantitative estimate of drug-likeness (QED) is 0.122. The van der Waals surface area contributed by atoms with Gasteiger partial charge < -0.3 is 29.2 Å². The number of benzene rings is 4. The first kappa shape index (κ1) is 40.9. The van der Waals surface area contributed by atoms with Gasteiger partial charge in [0.05, 0.1) is 20.3 Å². The van der Waals surface area contributed by atoms with Crippen LogP contribution in [0.25, 0.3) is 0 Å². The number of methoxy groups -OCH3 is 2. The topological polar surface area (TPSA) is 62.2 Å². The van der Waals surface area contributed by atoms with Gasteiger partial charge in [-0.25, -0.2) is 0 Å². The van der Waals surface area contributed by atoms with E-state index in [-0.39, 0.29) is 37.7 Å². The maximum Gasteiger partial charge on any atom is 0.126 e. The van der Waals surface area contributed by atoms with E-state index in [1.54, 1.807) is 14.2 Å². The Morgan fingerprint density at radius 2 is 1.42 bits per heavy atom. The van der Waals surface area contributed by atoms with Gasteiger partial charge in [-0.2, -0.15) is 21.0 Å². The standard InChI is InChI=1S/2C22H29NO2S/c1-22(2)14-26(6)19-12-9-16(23(3)4)13-18(19)20(21(22)24)15-7-10-17(25-5)11-8-15;1-22(2,15-24)16-26(6)21-12-9-19(23(3)4)14-18(21)13-17-7-10-20(25-5)11-8-17/h7-13,20-21,24H,6,14H2,1-5H3;7-12,14-15H,6,13,16H2,1-5H3. The number of hydrogen-bond donors (Lipinski definition) is 1. The Kier molecular flexibility index (Phi) is 13.6. The number of nitrogens with zero attached hydrogens (tertiary/aromatic N) is 2. The van der Waals surface area contributed by atoms with Crippen molar-refractivity contribution in [3.05, 3.63) is 107 Å². The van der Waals surface area contributed by atoms with Crippen LogP contribution in [0.5, 0.6) is 11.5 Å². The lowest BCUT2D eigenvalue weighted by Gasteiger charge is -2.34. The molecule has 4 unspecified atom stereocenters. The zero-order valence-corrected chi connectivity index (χ0v) is 34.4. The lowest BCUT2D eigenvalue weighted by molar-refractivity contribution is -0.113. The lowest BCUT2D eigenvalue weighted by atomic mass is 9.75. The third kappa shape index (κ3) is 9.97. The molecule has 4 aromatic rings. The third-order valence-corrected chi connectivity index (χ3v) is 13.8. The summed E-state index contributed by atoms with van der Waals surface area (Å²) >= 11 is 0. The maximum atomic E-state index is 11.4. The molecule has 280 valence electrons. The van der Waals surface area contributed by atoms with E-state index < -0.39 is 6.10 Å². The Labute approximate surface area is 317 Å². The predicted molar refractivity (Wildman–Crippen MR) is 227 cm³/mol. The molecule has 0 radical (unpaired) electrons. The monoisotopic (exact) mass is 742 g/mol. The smallest absolute Gasteiger partial charge is 0.126 e. The van der Waals surface area contributed by atoms with Crippen molar-refractivity contribution < 1.29 is 19.4 Å². The summed E-state index contributed by atoms with van der Waals surface area (Å²) in [7, 11) is 11.2. The number of hydrogen-bond acceptors (Lipinski definition) is 6. The van der Waals surface area contributed by atoms with Gasteiger partial charge in [-0.3, -0.25) is 0 Å². The van der Waals surface area contributed by atoms with Crippen LogP contribution in [0.2, 0.25) is 0 Å². The van der Waals surface area contributed by atoms with Crippen LogP contribution in [0, 0.1) is 10.8 Å². The number of anilines is 2. The van der Waals surface area contributed by atoms with E-state index in [1.807, 2.05) is 66.3 Å². The molecule has 0 saturated heterocycles. The Morgan fingerprint density at radius 1 is 0.885 bits per heavy atom. The van der Waals surface area contributed by atoms with Gasteiger partial charge in [0.1, 0.15) is 17.8 Å². The van der Waals surface area contributed by atoms with Crippen molar-refractivity contribution in [2.45, 2.75) is 55.9 Å². The molecule has 0 bridgehead atoms. The van der Waals surface area contributed by atoms with Crippen molar-refractivity contribution >= 4 is 50.4 Å². The van der Waals surface area contributed by atoms with Crippen molar-refractivity contribution in [3.8, 4) is 11.5 Å². The van der Waals surface area contributed by atoms with Crippen LogP contribution in [-0.2, 0) is 11.2 Å². The van der Waals surface area contributed by atoms with Gasteiger partial charge in [0, 0.05) is 71.9 Å². The van der Waals surface area contributed by atoms with Gasteiger partial charge in [0.25, 0.3) is 0 Å². The van der Waals surface area contributed by atoms with Gasteiger partial charge in [-0.15, -0.1) is 0 Å². The first-order chi connectivity index (χ1) is 24.5. The number of aldehydes is 1. The Hall–Kier alpha value is -3.85. The fourth-order valence-corrected chi connectivity index (χ4v) is 10.4. The van der Waals surface area contributed by atoms with Crippen molar-refractivity contribution in [2.24, 2.45) is 10.8 Å². The summed E-state index contributed by atoms with van der Waals surface area (Å²) in [6.07, 6.45) is 1.39. The minimum atomic E-state index is -0.480. The van der Waals surface area contributed by atoms with Crippen LogP contribution in [-0.4, -0.2) is 83.2 Å². The summed E-state index contributed by atoms with van der Waals surface area (Å²) in [5, 5.41) is 11.4. The minimum Gasteiger partial charge on any atom is -0.497 e. The van der Waals surface area contributed by atoms with Gasteiger partial charge in [-0.1, -0.05) is 63.7 Å². The zero-order chi connectivity index (χ0) is 38.4. The highest BCUT2D eigenvalue weighted by atomic mass is 32.2. The Morgan fingerprint density at radius 3 is 1.96 bits per heavy atom. The van der Waals surface area contributed by atoms with E-state index in [0.717, 1.165) is 47.0 Å². The summed E-state index contributed by atoms with van der Waals surface area (Å²) in [4.78, 5) is 18.0. The molecule has 1 N–H and O–H groups in total. The second-order valence-electron chi connectivity index (χ2n) is 15.4. The molecule has 1 heterocycles. The SMILES string of the molecule is C=S(CC(C)(C)C=O)c1ccc(N(C)C)cc1Cc1ccc(OC)cc1.C=S1CC(C)(C)C(O)C(c2ccc(OC)cc2)c2cc(N(C)C)ccc21. The van der Waals surface area contributed by atoms with Crippen LogP contribution >= 0.6 is 21.0 Å². The molecule has 0 aliphatic carbocycles. The largest absolute Gasteiger partial charge is 0.497 e. The molecule has 4 aromatic carbocycles. The highest BCUT2D eigenvalue weighted by Crippen LogP contribution is 2.50. The third-order valence-electron chi connectivity index (χ3n) is 9.58. The summed E-state index contributed by atoms with van der Waals surface area (Å²) in [5.41, 5.74) is 6.54. The number of rotatable bonds is 11. The fraction of sp³-hybridized carbons (Fsp3) is 0.386. The van der Waals surface area contributed by atoms with E-state index in [0.29, 0.717) is 0 Å². The summed E-state index contributed by atoms with van der Waals surface area (Å²) in [6, 6.07) is 29.4. The van der Waals surface area contributed by atoms with Crippen LogP contribution in [0.1, 0.15) is 55.9 Å². The molecule has 52 heavy (non-hydrogen) atoms. The van der Waals surface area contributed by atoms with E-state index in [1.165, 1.54) is 32.2 Å². The summed E-state index contributed by atoms with van der Waals surface area (Å²) in [5.74, 6) is 12.1. The highest BCUT2D eigenvalue weighted by Gasteiger charge is 2.40. The first-order valence-corrected chi connectivity index (χ1v) is 20.7. The Balaban J connectivity index is 0.000000233. The van der Waals surface area contributed by atoms with E-state index in [2.05, 4.69) is 96.1 Å². The van der Waals surface area contributed by atoms with Crippen molar-refractivity contribution in [2.75, 3.05) is 63.7 Å². The number of aliphatic hydroxyl groups excluding tert-OH is 1. The molecule has 1 aliphatic heterocycles. The highest BCUT2D eigenvalue weighted by molar-refractivity contribution is 8.14. The molecule has 6 nitrogen and oxygen atoms in total. The number of carbonyl (C=O) groups is 1. The van der Waals surface area contributed by atoms with E-state index in [9.17, 15) is 9.90 Å². The molecule has 0 spiro atoms. The minimum absolute atomic E-state index is 0.0787. The molecule has 8 heteroatoms. The van der Waals surface area contributed by atoms with Crippen molar-refractivity contribution in [1.82, 2.24) is 0 Å². The fourth-order valence-electron chi connectivity index (χ4n) is 6.51. The predicted octanol–water partition coefficient (Wildman–Crippen LogP) is 8.99. The number of aliphatic hydroxyl groups is 1. The van der Waals surface area contributed by atoms with Crippen LogP contribution < -0.4 is 19.3 Å². The first-order valence-electron chi connectivity index (χ1n) is 17.5. The molecule has 0 aromatic heterocycles. The summed E-state index contributed by atoms with van der Waals surface area (Å²) in [6.45, 7) is 8.25. The van der Waals surface area contributed by atoms with Crippen LogP contribution in [0.15, 0.2) is 94.7 Å². The normalized spacial score (nSPS) is 18.5. The molecule has 4 atom stereocenters. The molecular weight excluding hydrogens is 685 g/mol. The van der Waals surface area contributed by atoms with Gasteiger partial charge >= 0.3 is 0 Å². The molecule has 0 amide bonds. The van der Waals surface area contributed by atoms with E-state index in [4.69, 9.17) is 9.47 Å². The number of ether oxygens (including phenoxy) is 2. The van der Waals surface area contributed by atoms with Crippen molar-refractivity contribution in [1.29, 1.82) is 0 Å². The average Bonchev–Trinajstić information content (AvgIpc) is 3.18. The Bertz CT molecular complexity index is 1860. The molecule has 5 rings (SSSR count). The molecular formula is C44H58N2O4S2. The zero-order valence-electron chi connectivity index (χ0n) is 32.7. The van der Waals surface area contributed by atoms with Gasteiger partial charge in [0.15, 0.2) is 0 Å². The van der Waals surface area contributed by atoms with Crippen molar-refractivity contribution in [3.63, 3.8) is 0 Å². The number of fused-ring (bicyclic) bond motifs is 1. The maximum absolute atomic E-state index is 11.4. The van der Waals surface area contributed by atoms with Crippen LogP contribution in [0.4, 0.5) is 11.4 Å². The summed E-state index contributed by atoms with van der Waals surface area (Å²) < 4.78 is 10.6. The molecule has 1 aliphatic rings. The molecule has 0 fully saturated rings. The van der Waals surface area contributed by atoms with Gasteiger partial charge in [-0.05, 0) is 95.1 Å². The number of carbonyl (C=O) groups excluding carboxylic acids is 1. The lowest BCUT2D eigenvalue weighted by Crippen LogP contribution is -2.36. The second-order valence-corrected chi connectivity index (χ2v) is 18.8.